The summed E-state index contributed by atoms with van der Waals surface area (Å²) in [5, 5.41) is 10.9. The largest absolute Gasteiger partial charge is 0.464 e. The van der Waals surface area contributed by atoms with Crippen LogP contribution < -0.4 is 5.32 Å². The van der Waals surface area contributed by atoms with Crippen molar-refractivity contribution in [3.63, 3.8) is 0 Å². The number of likely N-dealkylation sites (N-methyl/N-ethyl adjacent to an activating group) is 1. The molecule has 5 nitrogen and oxygen atoms in total. The van der Waals surface area contributed by atoms with Gasteiger partial charge in [-0.15, -0.1) is 0 Å². The van der Waals surface area contributed by atoms with Crippen molar-refractivity contribution in [3.05, 3.63) is 35.4 Å². The predicted octanol–water partition coefficient (Wildman–Crippen LogP) is 2.13. The van der Waals surface area contributed by atoms with Gasteiger partial charge in [-0.2, -0.15) is 10.2 Å². The van der Waals surface area contributed by atoms with Crippen molar-refractivity contribution in [1.29, 1.82) is 0 Å². The van der Waals surface area contributed by atoms with Gasteiger partial charge in [0.1, 0.15) is 0 Å². The molecule has 104 valence electrons. The number of carbonyl (C=O) groups excluding carboxylic acids is 1. The normalized spacial score (nSPS) is 12.6. The van der Waals surface area contributed by atoms with Crippen LogP contribution in [0.15, 0.2) is 34.5 Å². The van der Waals surface area contributed by atoms with Crippen LogP contribution in [0, 0.1) is 0 Å². The molecule has 0 bridgehead atoms. The first-order valence-corrected chi connectivity index (χ1v) is 6.42. The first kappa shape index (κ1) is 15.3. The van der Waals surface area contributed by atoms with Gasteiger partial charge in [-0.3, -0.25) is 0 Å². The van der Waals surface area contributed by atoms with Crippen LogP contribution in [0.25, 0.3) is 0 Å². The van der Waals surface area contributed by atoms with E-state index >= 15 is 0 Å². The van der Waals surface area contributed by atoms with Gasteiger partial charge in [0.15, 0.2) is 6.04 Å². The molecule has 19 heavy (non-hydrogen) atoms. The monoisotopic (exact) mass is 263 g/mol. The van der Waals surface area contributed by atoms with Gasteiger partial charge >= 0.3 is 5.97 Å². The lowest BCUT2D eigenvalue weighted by Crippen LogP contribution is -2.17. The lowest BCUT2D eigenvalue weighted by molar-refractivity contribution is -0.144. The highest BCUT2D eigenvalue weighted by Gasteiger charge is 2.23. The third kappa shape index (κ3) is 4.44. The summed E-state index contributed by atoms with van der Waals surface area (Å²) in [5.41, 5.74) is 1.95. The van der Waals surface area contributed by atoms with Crippen LogP contribution in [0.2, 0.25) is 0 Å². The molecule has 0 saturated carbocycles. The van der Waals surface area contributed by atoms with Crippen molar-refractivity contribution < 1.29 is 9.53 Å². The van der Waals surface area contributed by atoms with E-state index in [0.717, 1.165) is 24.1 Å². The zero-order valence-electron chi connectivity index (χ0n) is 11.7. The maximum absolute atomic E-state index is 12.0. The summed E-state index contributed by atoms with van der Waals surface area (Å²) in [6, 6.07) is 7.10. The average Bonchev–Trinajstić information content (AvgIpc) is 2.43. The number of rotatable bonds is 7. The Morgan fingerprint density at radius 2 is 2.16 bits per heavy atom. The molecule has 1 N–H and O–H groups in total. The summed E-state index contributed by atoms with van der Waals surface area (Å²) in [4.78, 5) is 12.0. The van der Waals surface area contributed by atoms with Crippen molar-refractivity contribution >= 4 is 5.97 Å². The minimum atomic E-state index is -0.669. The molecule has 1 aromatic carbocycles. The Labute approximate surface area is 114 Å². The van der Waals surface area contributed by atoms with Gasteiger partial charge < -0.3 is 10.1 Å². The van der Waals surface area contributed by atoms with Gasteiger partial charge in [0.05, 0.1) is 6.61 Å². The Balaban J connectivity index is 3.04. The van der Waals surface area contributed by atoms with E-state index in [-0.39, 0.29) is 5.97 Å². The molecule has 0 heterocycles. The molecule has 1 unspecified atom stereocenters. The van der Waals surface area contributed by atoms with E-state index in [1.807, 2.05) is 31.3 Å². The first-order valence-electron chi connectivity index (χ1n) is 6.42. The fraction of sp³-hybridized carbons (Fsp3) is 0.500. The van der Waals surface area contributed by atoms with Crippen molar-refractivity contribution in [2.75, 3.05) is 27.2 Å². The molecule has 1 atom stereocenters. The Hall–Kier alpha value is -1.75. The number of carbonyl (C=O) groups is 1. The second-order valence-corrected chi connectivity index (χ2v) is 4.02. The highest BCUT2D eigenvalue weighted by Crippen LogP contribution is 2.23. The quantitative estimate of drug-likeness (QED) is 0.605. The number of azo groups is 1. The van der Waals surface area contributed by atoms with Gasteiger partial charge in [0, 0.05) is 7.05 Å². The fourth-order valence-corrected chi connectivity index (χ4v) is 1.86. The van der Waals surface area contributed by atoms with E-state index in [1.165, 1.54) is 0 Å². The summed E-state index contributed by atoms with van der Waals surface area (Å²) < 4.78 is 5.06. The van der Waals surface area contributed by atoms with E-state index in [9.17, 15) is 4.79 Å². The number of nitrogens with one attached hydrogen (secondary N) is 1. The summed E-state index contributed by atoms with van der Waals surface area (Å²) in [7, 11) is 3.46. The van der Waals surface area contributed by atoms with Gasteiger partial charge in [-0.1, -0.05) is 24.3 Å². The summed E-state index contributed by atoms with van der Waals surface area (Å²) in [6.45, 7) is 2.97. The lowest BCUT2D eigenvalue weighted by atomic mass is 9.98. The third-order valence-electron chi connectivity index (χ3n) is 2.73. The molecule has 5 heteroatoms. The number of benzene rings is 1. The minimum absolute atomic E-state index is 0.341. The third-order valence-corrected chi connectivity index (χ3v) is 2.73. The molecule has 0 aliphatic carbocycles. The van der Waals surface area contributed by atoms with E-state index < -0.39 is 6.04 Å². The standard InChI is InChI=1S/C14H21N3O2/c1-4-19-14(18)13(17-16-3)12-8-6-5-7-11(12)9-10-15-2/h5-8,13,15H,4,9-10H2,1-3H3. The van der Waals surface area contributed by atoms with E-state index in [4.69, 9.17) is 4.74 Å². The maximum Gasteiger partial charge on any atom is 0.337 e. The van der Waals surface area contributed by atoms with Crippen LogP contribution >= 0.6 is 0 Å². The topological polar surface area (TPSA) is 63.0 Å². The molecule has 0 amide bonds. The van der Waals surface area contributed by atoms with Gasteiger partial charge in [-0.25, -0.2) is 4.79 Å². The maximum atomic E-state index is 12.0. The molecular formula is C14H21N3O2. The Morgan fingerprint density at radius 1 is 1.42 bits per heavy atom. The van der Waals surface area contributed by atoms with Crippen molar-refractivity contribution in [2.24, 2.45) is 10.2 Å². The summed E-state index contributed by atoms with van der Waals surface area (Å²) >= 11 is 0. The minimum Gasteiger partial charge on any atom is -0.464 e. The molecule has 1 aromatic rings. The predicted molar refractivity (Wildman–Crippen MR) is 74.2 cm³/mol. The van der Waals surface area contributed by atoms with Gasteiger partial charge in [0.2, 0.25) is 0 Å². The van der Waals surface area contributed by atoms with E-state index in [1.54, 1.807) is 14.0 Å². The number of ether oxygens (including phenoxy) is 1. The number of hydrogen-bond acceptors (Lipinski definition) is 5. The van der Waals surface area contributed by atoms with E-state index in [0.29, 0.717) is 6.61 Å². The second kappa shape index (κ2) is 8.37. The average molecular weight is 263 g/mol. The first-order chi connectivity index (χ1) is 9.24. The van der Waals surface area contributed by atoms with Crippen LogP contribution in [0.1, 0.15) is 24.1 Å². The van der Waals surface area contributed by atoms with Gasteiger partial charge in [-0.05, 0) is 38.1 Å². The number of hydrogen-bond donors (Lipinski definition) is 1. The highest BCUT2D eigenvalue weighted by atomic mass is 16.5. The van der Waals surface area contributed by atoms with Crippen LogP contribution in [-0.2, 0) is 16.0 Å². The van der Waals surface area contributed by atoms with Crippen molar-refractivity contribution in [1.82, 2.24) is 5.32 Å². The van der Waals surface area contributed by atoms with Crippen LogP contribution in [0.4, 0.5) is 0 Å². The molecule has 0 aliphatic rings. The van der Waals surface area contributed by atoms with Crippen molar-refractivity contribution in [2.45, 2.75) is 19.4 Å². The Bertz CT molecular complexity index is 432. The van der Waals surface area contributed by atoms with E-state index in [2.05, 4.69) is 15.5 Å². The fourth-order valence-electron chi connectivity index (χ4n) is 1.86. The number of esters is 1. The van der Waals surface area contributed by atoms with Crippen LogP contribution in [0.5, 0.6) is 0 Å². The molecule has 0 aromatic heterocycles. The molecule has 0 radical (unpaired) electrons. The Morgan fingerprint density at radius 3 is 2.79 bits per heavy atom. The molecule has 0 spiro atoms. The molecular weight excluding hydrogens is 242 g/mol. The molecule has 0 saturated heterocycles. The van der Waals surface area contributed by atoms with Gasteiger partial charge in [0.25, 0.3) is 0 Å². The zero-order valence-corrected chi connectivity index (χ0v) is 11.7. The smallest absolute Gasteiger partial charge is 0.337 e. The lowest BCUT2D eigenvalue weighted by Gasteiger charge is -2.14. The molecule has 1 rings (SSSR count). The highest BCUT2D eigenvalue weighted by molar-refractivity contribution is 5.78. The van der Waals surface area contributed by atoms with Crippen molar-refractivity contribution in [3.8, 4) is 0 Å². The van der Waals surface area contributed by atoms with Crippen LogP contribution in [0.3, 0.4) is 0 Å². The molecule has 0 aliphatic heterocycles. The number of nitrogens with zero attached hydrogens (tertiary/aromatic N) is 2. The Kier molecular flexibility index (Phi) is 6.74. The van der Waals surface area contributed by atoms with Crippen LogP contribution in [-0.4, -0.2) is 33.2 Å². The zero-order chi connectivity index (χ0) is 14.1. The summed E-state index contributed by atoms with van der Waals surface area (Å²) in [5.74, 6) is -0.356. The second-order valence-electron chi connectivity index (χ2n) is 4.02. The molecule has 0 fully saturated rings. The SMILES string of the molecule is CCOC(=O)C(N=NC)c1ccccc1CCNC. The summed E-state index contributed by atoms with van der Waals surface area (Å²) in [6.07, 6.45) is 0.835.